The first kappa shape index (κ1) is 25.7. The van der Waals surface area contributed by atoms with E-state index in [9.17, 15) is 5.11 Å². The predicted molar refractivity (Wildman–Crippen MR) is 132 cm³/mol. The number of nitrogens with two attached hydrogens (primary N) is 1. The third-order valence-electron chi connectivity index (χ3n) is 5.80. The third-order valence-corrected chi connectivity index (χ3v) is 5.80. The average molecular weight is 479 g/mol. The molecule has 184 valence electrons. The highest BCUT2D eigenvalue weighted by molar-refractivity contribution is 6.27. The van der Waals surface area contributed by atoms with Crippen molar-refractivity contribution in [3.05, 3.63) is 95.1 Å². The minimum Gasteiger partial charge on any atom is -0.487 e. The van der Waals surface area contributed by atoms with E-state index in [1.165, 1.54) is 5.56 Å². The maximum atomic E-state index is 10.6. The van der Waals surface area contributed by atoms with Gasteiger partial charge in [-0.1, -0.05) is 66.7 Å². The Kier molecular flexibility index (Phi) is 8.83. The Hall–Kier alpha value is -3.88. The monoisotopic (exact) mass is 478 g/mol. The van der Waals surface area contributed by atoms with Crippen molar-refractivity contribution in [1.82, 2.24) is 0 Å². The van der Waals surface area contributed by atoms with E-state index in [0.29, 0.717) is 6.61 Å². The molecule has 3 aromatic rings. The molecule has 1 aliphatic rings. The number of anilines is 1. The summed E-state index contributed by atoms with van der Waals surface area (Å²) in [6.45, 7) is 1.27. The molecule has 0 bridgehead atoms. The zero-order valence-electron chi connectivity index (χ0n) is 19.5. The molecule has 0 aromatic heterocycles. The summed E-state index contributed by atoms with van der Waals surface area (Å²) >= 11 is 0. The molecule has 2 atom stereocenters. The van der Waals surface area contributed by atoms with Gasteiger partial charge >= 0.3 is 11.9 Å². The molecule has 0 fully saturated rings. The molecule has 0 spiro atoms. The van der Waals surface area contributed by atoms with Crippen molar-refractivity contribution in [2.24, 2.45) is 5.73 Å². The van der Waals surface area contributed by atoms with Crippen LogP contribution in [0.4, 0.5) is 5.69 Å². The van der Waals surface area contributed by atoms with Gasteiger partial charge in [0.05, 0.1) is 11.8 Å². The molecule has 0 heterocycles. The van der Waals surface area contributed by atoms with Crippen LogP contribution in [0.2, 0.25) is 0 Å². The van der Waals surface area contributed by atoms with Gasteiger partial charge in [0, 0.05) is 19.6 Å². The van der Waals surface area contributed by atoms with E-state index in [-0.39, 0.29) is 6.04 Å². The lowest BCUT2D eigenvalue weighted by Crippen LogP contribution is -2.34. The van der Waals surface area contributed by atoms with Gasteiger partial charge in [-0.05, 0) is 41.2 Å². The van der Waals surface area contributed by atoms with E-state index in [1.54, 1.807) is 0 Å². The van der Waals surface area contributed by atoms with Gasteiger partial charge in [-0.25, -0.2) is 9.59 Å². The van der Waals surface area contributed by atoms with E-state index < -0.39 is 18.0 Å². The minimum absolute atomic E-state index is 0.217. The fourth-order valence-electron chi connectivity index (χ4n) is 4.08. The quantitative estimate of drug-likeness (QED) is 0.396. The first-order chi connectivity index (χ1) is 16.8. The van der Waals surface area contributed by atoms with Crippen LogP contribution in [0.15, 0.2) is 72.8 Å². The Morgan fingerprint density at radius 2 is 1.51 bits per heavy atom. The first-order valence-corrected chi connectivity index (χ1v) is 11.2. The number of aliphatic hydroxyl groups excluding tert-OH is 1. The van der Waals surface area contributed by atoms with Crippen molar-refractivity contribution < 1.29 is 29.6 Å². The molecule has 5 N–H and O–H groups in total. The molecule has 0 saturated heterocycles. The smallest absolute Gasteiger partial charge is 0.414 e. The molecule has 8 heteroatoms. The normalized spacial score (nSPS) is 16.3. The van der Waals surface area contributed by atoms with Crippen molar-refractivity contribution in [2.45, 2.75) is 38.1 Å². The lowest BCUT2D eigenvalue weighted by molar-refractivity contribution is -0.159. The van der Waals surface area contributed by atoms with Crippen LogP contribution in [-0.4, -0.2) is 40.3 Å². The van der Waals surface area contributed by atoms with E-state index in [4.69, 9.17) is 30.3 Å². The number of hydrogen-bond acceptors (Lipinski definition) is 6. The van der Waals surface area contributed by atoms with E-state index >= 15 is 0 Å². The molecule has 8 nitrogen and oxygen atoms in total. The highest BCUT2D eigenvalue weighted by atomic mass is 16.5. The number of rotatable bonds is 6. The van der Waals surface area contributed by atoms with Crippen molar-refractivity contribution in [3.8, 4) is 5.75 Å². The SMILES string of the molecule is CN(Cc1ccccc1)c1c(OCc2ccccc2)ccc2c1CCC(N)C2O.O=C(O)C(=O)O. The summed E-state index contributed by atoms with van der Waals surface area (Å²) in [5, 5.41) is 25.4. The van der Waals surface area contributed by atoms with E-state index in [2.05, 4.69) is 48.3 Å². The van der Waals surface area contributed by atoms with Crippen LogP contribution < -0.4 is 15.4 Å². The van der Waals surface area contributed by atoms with Crippen LogP contribution in [-0.2, 0) is 29.2 Å². The lowest BCUT2D eigenvalue weighted by Gasteiger charge is -2.33. The van der Waals surface area contributed by atoms with E-state index in [1.807, 2.05) is 36.4 Å². The van der Waals surface area contributed by atoms with Crippen molar-refractivity contribution in [1.29, 1.82) is 0 Å². The first-order valence-electron chi connectivity index (χ1n) is 11.2. The van der Waals surface area contributed by atoms with Crippen molar-refractivity contribution >= 4 is 17.6 Å². The maximum Gasteiger partial charge on any atom is 0.414 e. The molecule has 0 radical (unpaired) electrons. The molecular formula is C27H30N2O6. The van der Waals surface area contributed by atoms with Gasteiger partial charge in [-0.3, -0.25) is 0 Å². The summed E-state index contributed by atoms with van der Waals surface area (Å²) in [4.78, 5) is 20.4. The number of benzene rings is 3. The molecule has 2 unspecified atom stereocenters. The number of carboxylic acid groups (broad SMARTS) is 2. The topological polar surface area (TPSA) is 133 Å². The summed E-state index contributed by atoms with van der Waals surface area (Å²) < 4.78 is 6.26. The van der Waals surface area contributed by atoms with Gasteiger partial charge in [-0.2, -0.15) is 0 Å². The lowest BCUT2D eigenvalue weighted by atomic mass is 9.84. The van der Waals surface area contributed by atoms with E-state index in [0.717, 1.165) is 47.5 Å². The van der Waals surface area contributed by atoms with Gasteiger partial charge in [0.2, 0.25) is 0 Å². The Balaban J connectivity index is 0.000000509. The van der Waals surface area contributed by atoms with Crippen LogP contribution in [0, 0.1) is 0 Å². The van der Waals surface area contributed by atoms with Crippen LogP contribution in [0.1, 0.15) is 34.8 Å². The minimum atomic E-state index is -1.82. The number of aliphatic carboxylic acids is 2. The van der Waals surface area contributed by atoms with Gasteiger partial charge in [0.15, 0.2) is 0 Å². The fraction of sp³-hybridized carbons (Fsp3) is 0.259. The second-order valence-corrected chi connectivity index (χ2v) is 8.35. The standard InChI is InChI=1S/C25H28N2O2.C2H2O4/c1-27(16-18-8-4-2-5-9-18)24-20-12-14-22(26)25(28)21(20)13-15-23(24)29-17-19-10-6-3-7-11-19;3-1(4)2(5)6/h2-11,13,15,22,25,28H,12,14,16-17,26H2,1H3;(H,3,4)(H,5,6). The zero-order valence-corrected chi connectivity index (χ0v) is 19.5. The van der Waals surface area contributed by atoms with Gasteiger partial charge in [0.25, 0.3) is 0 Å². The Morgan fingerprint density at radius 3 is 2.09 bits per heavy atom. The number of carbonyl (C=O) groups is 2. The molecule has 3 aromatic carbocycles. The van der Waals surface area contributed by atoms with Gasteiger partial charge < -0.3 is 30.7 Å². The average Bonchev–Trinajstić information content (AvgIpc) is 2.86. The van der Waals surface area contributed by atoms with Gasteiger partial charge in [0.1, 0.15) is 12.4 Å². The molecule has 4 rings (SSSR count). The molecule has 35 heavy (non-hydrogen) atoms. The highest BCUT2D eigenvalue weighted by Gasteiger charge is 2.29. The molecule has 0 aliphatic heterocycles. The number of nitrogens with zero attached hydrogens (tertiary/aromatic N) is 1. The summed E-state index contributed by atoms with van der Waals surface area (Å²) in [6, 6.07) is 24.3. The Labute approximate surface area is 204 Å². The van der Waals surface area contributed by atoms with Crippen LogP contribution in [0.5, 0.6) is 5.75 Å². The van der Waals surface area contributed by atoms with Crippen LogP contribution >= 0.6 is 0 Å². The number of aliphatic hydroxyl groups is 1. The number of carboxylic acids is 2. The largest absolute Gasteiger partial charge is 0.487 e. The molecule has 0 saturated carbocycles. The van der Waals surface area contributed by atoms with Crippen LogP contribution in [0.3, 0.4) is 0 Å². The number of fused-ring (bicyclic) bond motifs is 1. The molecule has 1 aliphatic carbocycles. The maximum absolute atomic E-state index is 10.6. The Morgan fingerprint density at radius 1 is 0.943 bits per heavy atom. The summed E-state index contributed by atoms with van der Waals surface area (Å²) in [6.07, 6.45) is 0.971. The van der Waals surface area contributed by atoms with Crippen molar-refractivity contribution in [2.75, 3.05) is 11.9 Å². The predicted octanol–water partition coefficient (Wildman–Crippen LogP) is 3.36. The van der Waals surface area contributed by atoms with Crippen LogP contribution in [0.25, 0.3) is 0 Å². The molecule has 0 amide bonds. The Bertz CT molecular complexity index is 1130. The number of hydrogen-bond donors (Lipinski definition) is 4. The van der Waals surface area contributed by atoms with Crippen molar-refractivity contribution in [3.63, 3.8) is 0 Å². The zero-order chi connectivity index (χ0) is 25.4. The highest BCUT2D eigenvalue weighted by Crippen LogP contribution is 2.41. The summed E-state index contributed by atoms with van der Waals surface area (Å²) in [5.74, 6) is -2.81. The molecular weight excluding hydrogens is 448 g/mol. The number of ether oxygens (including phenoxy) is 1. The fourth-order valence-corrected chi connectivity index (χ4v) is 4.08. The summed E-state index contributed by atoms with van der Waals surface area (Å²) in [5.41, 5.74) is 11.6. The van der Waals surface area contributed by atoms with Gasteiger partial charge in [-0.15, -0.1) is 0 Å². The summed E-state index contributed by atoms with van der Waals surface area (Å²) in [7, 11) is 2.08. The second kappa shape index (κ2) is 12.0. The third kappa shape index (κ3) is 6.81. The second-order valence-electron chi connectivity index (χ2n) is 8.35.